The number of hydrogen-bond donors (Lipinski definition) is 1. The molecule has 0 saturated carbocycles. The summed E-state index contributed by atoms with van der Waals surface area (Å²) in [5.74, 6) is 0.281. The van der Waals surface area contributed by atoms with Gasteiger partial charge in [0.15, 0.2) is 0 Å². The van der Waals surface area contributed by atoms with Crippen molar-refractivity contribution in [3.05, 3.63) is 59.2 Å². The highest BCUT2D eigenvalue weighted by Gasteiger charge is 2.14. The Hall–Kier alpha value is -2.38. The third-order valence-corrected chi connectivity index (χ3v) is 5.38. The van der Waals surface area contributed by atoms with Gasteiger partial charge in [-0.15, -0.1) is 0 Å². The monoisotopic (exact) mass is 391 g/mol. The molecule has 0 unspecified atom stereocenters. The van der Waals surface area contributed by atoms with Crippen LogP contribution in [0.5, 0.6) is 5.75 Å². The first-order valence-corrected chi connectivity index (χ1v) is 10.2. The van der Waals surface area contributed by atoms with E-state index in [1.54, 1.807) is 12.1 Å². The van der Waals surface area contributed by atoms with Gasteiger partial charge in [-0.3, -0.25) is 4.79 Å². The SMILES string of the molecule is Cc1ccc(S(=O)(=O)NCCC(=O)OCCOc2cc(C)ccc2C)cc1. The summed E-state index contributed by atoms with van der Waals surface area (Å²) in [6.07, 6.45) is -0.0471. The average molecular weight is 391 g/mol. The Morgan fingerprint density at radius 3 is 2.33 bits per heavy atom. The summed E-state index contributed by atoms with van der Waals surface area (Å²) in [6, 6.07) is 12.4. The number of aryl methyl sites for hydroxylation is 3. The molecule has 0 amide bonds. The molecule has 0 radical (unpaired) electrons. The van der Waals surface area contributed by atoms with Gasteiger partial charge < -0.3 is 9.47 Å². The highest BCUT2D eigenvalue weighted by molar-refractivity contribution is 7.89. The zero-order chi connectivity index (χ0) is 19.9. The minimum Gasteiger partial charge on any atom is -0.490 e. The van der Waals surface area contributed by atoms with Crippen molar-refractivity contribution in [2.24, 2.45) is 0 Å². The lowest BCUT2D eigenvalue weighted by atomic mass is 10.1. The zero-order valence-electron chi connectivity index (χ0n) is 15.8. The molecule has 0 heterocycles. The van der Waals surface area contributed by atoms with Crippen molar-refractivity contribution in [2.75, 3.05) is 19.8 Å². The normalized spacial score (nSPS) is 11.2. The standard InChI is InChI=1S/C20H25NO5S/c1-15-5-8-18(9-6-15)27(23,24)21-11-10-20(22)26-13-12-25-19-14-16(2)4-7-17(19)3/h4-9,14,21H,10-13H2,1-3H3. The van der Waals surface area contributed by atoms with Crippen LogP contribution in [0.1, 0.15) is 23.1 Å². The minimum absolute atomic E-state index is 0.0209. The Bertz CT molecular complexity index is 876. The van der Waals surface area contributed by atoms with E-state index < -0.39 is 16.0 Å². The first kappa shape index (κ1) is 20.9. The Labute approximate surface area is 160 Å². The molecule has 0 aliphatic rings. The molecule has 0 spiro atoms. The number of esters is 1. The Morgan fingerprint density at radius 2 is 1.63 bits per heavy atom. The van der Waals surface area contributed by atoms with E-state index in [0.717, 1.165) is 22.4 Å². The fourth-order valence-electron chi connectivity index (χ4n) is 2.33. The molecular weight excluding hydrogens is 366 g/mol. The Morgan fingerprint density at radius 1 is 0.963 bits per heavy atom. The molecule has 0 aromatic heterocycles. The number of carbonyl (C=O) groups excluding carboxylic acids is 1. The number of nitrogens with one attached hydrogen (secondary N) is 1. The summed E-state index contributed by atoms with van der Waals surface area (Å²) in [6.45, 7) is 6.13. The van der Waals surface area contributed by atoms with Gasteiger partial charge in [0, 0.05) is 6.54 Å². The van der Waals surface area contributed by atoms with Crippen molar-refractivity contribution in [1.82, 2.24) is 4.72 Å². The third kappa shape index (κ3) is 6.69. The van der Waals surface area contributed by atoms with Crippen molar-refractivity contribution in [3.63, 3.8) is 0 Å². The molecule has 0 bridgehead atoms. The van der Waals surface area contributed by atoms with Gasteiger partial charge in [-0.25, -0.2) is 13.1 Å². The molecule has 1 N–H and O–H groups in total. The molecule has 6 nitrogen and oxygen atoms in total. The topological polar surface area (TPSA) is 81.7 Å². The molecule has 2 aromatic carbocycles. The van der Waals surface area contributed by atoms with Crippen LogP contribution in [0, 0.1) is 20.8 Å². The van der Waals surface area contributed by atoms with Crippen molar-refractivity contribution in [3.8, 4) is 5.75 Å². The van der Waals surface area contributed by atoms with Crippen LogP contribution >= 0.6 is 0 Å². The predicted molar refractivity (Wildman–Crippen MR) is 103 cm³/mol. The first-order chi connectivity index (χ1) is 12.8. The van der Waals surface area contributed by atoms with Crippen molar-refractivity contribution >= 4 is 16.0 Å². The Kier molecular flexibility index (Phi) is 7.38. The molecule has 7 heteroatoms. The quantitative estimate of drug-likeness (QED) is 0.525. The molecule has 2 aromatic rings. The summed E-state index contributed by atoms with van der Waals surface area (Å²) < 4.78 is 37.3. The summed E-state index contributed by atoms with van der Waals surface area (Å²) in [7, 11) is -3.63. The van der Waals surface area contributed by atoms with Gasteiger partial charge >= 0.3 is 5.97 Å². The van der Waals surface area contributed by atoms with E-state index in [9.17, 15) is 13.2 Å². The van der Waals surface area contributed by atoms with Crippen LogP contribution in [0.4, 0.5) is 0 Å². The van der Waals surface area contributed by atoms with E-state index in [1.165, 1.54) is 12.1 Å². The number of benzene rings is 2. The molecule has 0 atom stereocenters. The van der Waals surface area contributed by atoms with Crippen LogP contribution in [-0.2, 0) is 19.6 Å². The molecule has 2 rings (SSSR count). The van der Waals surface area contributed by atoms with Crippen LogP contribution < -0.4 is 9.46 Å². The van der Waals surface area contributed by atoms with E-state index in [-0.39, 0.29) is 31.1 Å². The lowest BCUT2D eigenvalue weighted by Gasteiger charge is -2.11. The molecule has 0 aliphatic heterocycles. The average Bonchev–Trinajstić information content (AvgIpc) is 2.61. The second kappa shape index (κ2) is 9.53. The van der Waals surface area contributed by atoms with Crippen LogP contribution in [0.3, 0.4) is 0 Å². The second-order valence-electron chi connectivity index (χ2n) is 6.30. The highest BCUT2D eigenvalue weighted by atomic mass is 32.2. The van der Waals surface area contributed by atoms with Crippen molar-refractivity contribution < 1.29 is 22.7 Å². The molecule has 27 heavy (non-hydrogen) atoms. The molecule has 0 saturated heterocycles. The molecule has 0 fully saturated rings. The predicted octanol–water partition coefficient (Wildman–Crippen LogP) is 2.90. The molecular formula is C20H25NO5S. The van der Waals surface area contributed by atoms with Crippen LogP contribution in [0.25, 0.3) is 0 Å². The minimum atomic E-state index is -3.63. The van der Waals surface area contributed by atoms with Crippen LogP contribution in [0.2, 0.25) is 0 Å². The summed E-state index contributed by atoms with van der Waals surface area (Å²) in [4.78, 5) is 11.9. The van der Waals surface area contributed by atoms with Crippen molar-refractivity contribution in [2.45, 2.75) is 32.1 Å². The van der Waals surface area contributed by atoms with Gasteiger partial charge in [0.25, 0.3) is 0 Å². The number of hydrogen-bond acceptors (Lipinski definition) is 5. The van der Waals surface area contributed by atoms with E-state index >= 15 is 0 Å². The maximum Gasteiger partial charge on any atom is 0.307 e. The van der Waals surface area contributed by atoms with Gasteiger partial charge in [0.2, 0.25) is 10.0 Å². The lowest BCUT2D eigenvalue weighted by Crippen LogP contribution is -2.27. The fourth-order valence-corrected chi connectivity index (χ4v) is 3.36. The number of sulfonamides is 1. The first-order valence-electron chi connectivity index (χ1n) is 8.70. The smallest absolute Gasteiger partial charge is 0.307 e. The zero-order valence-corrected chi connectivity index (χ0v) is 16.6. The van der Waals surface area contributed by atoms with E-state index in [0.29, 0.717) is 0 Å². The van der Waals surface area contributed by atoms with Crippen molar-refractivity contribution in [1.29, 1.82) is 0 Å². The second-order valence-corrected chi connectivity index (χ2v) is 8.07. The van der Waals surface area contributed by atoms with E-state index in [1.807, 2.05) is 39.0 Å². The third-order valence-electron chi connectivity index (χ3n) is 3.90. The molecule has 146 valence electrons. The van der Waals surface area contributed by atoms with Gasteiger partial charge in [-0.1, -0.05) is 29.8 Å². The lowest BCUT2D eigenvalue weighted by molar-refractivity contribution is -0.144. The van der Waals surface area contributed by atoms with Gasteiger partial charge in [-0.2, -0.15) is 0 Å². The number of carbonyl (C=O) groups is 1. The number of ether oxygens (including phenoxy) is 2. The maximum absolute atomic E-state index is 12.1. The van der Waals surface area contributed by atoms with E-state index in [4.69, 9.17) is 9.47 Å². The maximum atomic E-state index is 12.1. The van der Waals surface area contributed by atoms with Gasteiger partial charge in [0.1, 0.15) is 19.0 Å². The number of rotatable bonds is 9. The summed E-state index contributed by atoms with van der Waals surface area (Å²) >= 11 is 0. The fraction of sp³-hybridized carbons (Fsp3) is 0.350. The van der Waals surface area contributed by atoms with Gasteiger partial charge in [0.05, 0.1) is 11.3 Å². The highest BCUT2D eigenvalue weighted by Crippen LogP contribution is 2.18. The molecule has 0 aliphatic carbocycles. The summed E-state index contributed by atoms with van der Waals surface area (Å²) in [5.41, 5.74) is 3.08. The van der Waals surface area contributed by atoms with Crippen LogP contribution in [0.15, 0.2) is 47.4 Å². The largest absolute Gasteiger partial charge is 0.490 e. The van der Waals surface area contributed by atoms with Gasteiger partial charge in [-0.05, 0) is 50.1 Å². The van der Waals surface area contributed by atoms with Crippen LogP contribution in [-0.4, -0.2) is 34.1 Å². The van der Waals surface area contributed by atoms with E-state index in [2.05, 4.69) is 4.72 Å². The summed E-state index contributed by atoms with van der Waals surface area (Å²) in [5, 5.41) is 0. The Balaban J connectivity index is 1.69.